The van der Waals surface area contributed by atoms with E-state index in [0.717, 1.165) is 10.9 Å². The number of nitrogens with one attached hydrogen (secondary N) is 1. The van der Waals surface area contributed by atoms with Crippen LogP contribution in [0.3, 0.4) is 0 Å². The topological polar surface area (TPSA) is 283 Å². The lowest BCUT2D eigenvalue weighted by Crippen LogP contribution is -2.49. The van der Waals surface area contributed by atoms with Crippen LogP contribution in [0.25, 0.3) is 22.3 Å². The van der Waals surface area contributed by atoms with E-state index >= 15 is 0 Å². The van der Waals surface area contributed by atoms with E-state index in [-0.39, 0.29) is 29.5 Å². The van der Waals surface area contributed by atoms with Crippen molar-refractivity contribution in [2.24, 2.45) is 0 Å². The second kappa shape index (κ2) is 9.89. The summed E-state index contributed by atoms with van der Waals surface area (Å²) in [4.78, 5) is 35.1. The number of hydrogen-bond acceptors (Lipinski definition) is 17. The molecule has 0 amide bonds. The van der Waals surface area contributed by atoms with Crippen LogP contribution < -0.4 is 17.0 Å². The smallest absolute Gasteiger partial charge is 0.388 e. The minimum absolute atomic E-state index is 0.129. The highest BCUT2D eigenvalue weighted by atomic mass is 32.7. The maximum absolute atomic E-state index is 13.8. The summed E-state index contributed by atoms with van der Waals surface area (Å²) in [6.45, 7) is -6.26. The minimum atomic E-state index is -4.49. The van der Waals surface area contributed by atoms with Gasteiger partial charge in [0.2, 0.25) is 11.7 Å². The largest absolute Gasteiger partial charge is 0.394 e. The first kappa shape index (κ1) is 28.5. The molecule has 4 aromatic rings. The summed E-state index contributed by atoms with van der Waals surface area (Å²) in [6, 6.07) is 0. The molecule has 0 radical (unpaired) electrons. The van der Waals surface area contributed by atoms with Crippen LogP contribution in [-0.4, -0.2) is 111 Å². The molecule has 2 unspecified atom stereocenters. The zero-order chi connectivity index (χ0) is 30.3. The number of nitrogen functional groups attached to an aromatic ring is 2. The lowest BCUT2D eigenvalue weighted by Gasteiger charge is -2.36. The molecule has 0 spiro atoms. The number of rotatable bonds is 8. The number of aliphatic hydroxyl groups is 3. The number of hydrogen-bond donors (Lipinski definition) is 7. The average Bonchev–Trinajstić information content (AvgIpc) is 3.77. The zero-order valence-electron chi connectivity index (χ0n) is 21.8. The van der Waals surface area contributed by atoms with Gasteiger partial charge in [-0.1, -0.05) is 12.2 Å². The van der Waals surface area contributed by atoms with Gasteiger partial charge in [-0.25, -0.2) is 24.5 Å². The van der Waals surface area contributed by atoms with E-state index in [0.29, 0.717) is 11.2 Å². The molecule has 8 N–H and O–H groups in total. The summed E-state index contributed by atoms with van der Waals surface area (Å²) >= 11 is 4.13. The molecule has 0 aromatic carbocycles. The van der Waals surface area contributed by atoms with Crippen molar-refractivity contribution < 1.29 is 43.1 Å². The standard InChI is InChI=1S/C21H25N10O10PS/c22-14-9-15(25-5-24-14)30(6-26-9)18-11-13(34)20(40-18,2-38-11)3-39-42(36,43)41-21(4-37-8(1-32)12(21)33)31-7-27-10-16(31)28-19(23)29-17(10)35/h5-8,11-13,18,32-34H,1-4H2,(H,36,43)(H2,22,24,25)(H3,23,28,29,35)/t8-,11-,12-,13+,18-,20-,21?,42?/m1/s1. The van der Waals surface area contributed by atoms with Crippen LogP contribution in [0.2, 0.25) is 0 Å². The van der Waals surface area contributed by atoms with Crippen LogP contribution in [-0.2, 0) is 33.5 Å². The van der Waals surface area contributed by atoms with Crippen LogP contribution in [0.15, 0.2) is 23.8 Å². The fourth-order valence-corrected chi connectivity index (χ4v) is 7.28. The van der Waals surface area contributed by atoms with Gasteiger partial charge < -0.3 is 41.0 Å². The number of aliphatic hydroxyl groups excluding tert-OH is 3. The number of fused-ring (bicyclic) bond motifs is 4. The van der Waals surface area contributed by atoms with E-state index in [1.54, 1.807) is 0 Å². The van der Waals surface area contributed by atoms with Crippen molar-refractivity contribution in [1.29, 1.82) is 0 Å². The van der Waals surface area contributed by atoms with Gasteiger partial charge in [-0.2, -0.15) is 4.98 Å². The number of nitrogens with zero attached hydrogens (tertiary/aromatic N) is 7. The minimum Gasteiger partial charge on any atom is -0.394 e. The average molecular weight is 641 g/mol. The van der Waals surface area contributed by atoms with Gasteiger partial charge in [-0.05, 0) is 0 Å². The molecule has 3 saturated heterocycles. The number of aromatic nitrogens is 8. The highest BCUT2D eigenvalue weighted by Crippen LogP contribution is 2.60. The molecule has 3 aliphatic rings. The van der Waals surface area contributed by atoms with Crippen LogP contribution in [0.5, 0.6) is 0 Å². The molecule has 8 atom stereocenters. The maximum atomic E-state index is 13.8. The van der Waals surface area contributed by atoms with Gasteiger partial charge in [-0.3, -0.25) is 28.0 Å². The van der Waals surface area contributed by atoms with Crippen LogP contribution in [0.1, 0.15) is 6.23 Å². The zero-order valence-corrected chi connectivity index (χ0v) is 23.6. The van der Waals surface area contributed by atoms with E-state index in [2.05, 4.69) is 42.2 Å². The summed E-state index contributed by atoms with van der Waals surface area (Å²) in [5, 5.41) is 32.0. The molecule has 7 heterocycles. The number of H-pyrrole nitrogens is 1. The first-order valence-corrected chi connectivity index (χ1v) is 15.4. The van der Waals surface area contributed by atoms with Gasteiger partial charge in [0.25, 0.3) is 5.56 Å². The summed E-state index contributed by atoms with van der Waals surface area (Å²) in [6.07, 6.45) is -2.08. The van der Waals surface area contributed by atoms with E-state index in [1.165, 1.54) is 17.2 Å². The third-order valence-corrected chi connectivity index (χ3v) is 9.34. The summed E-state index contributed by atoms with van der Waals surface area (Å²) in [5.41, 5.74) is 7.70. The molecule has 0 saturated carbocycles. The molecule has 4 aromatic heterocycles. The second-order valence-electron chi connectivity index (χ2n) is 10.3. The highest BCUT2D eigenvalue weighted by Gasteiger charge is 2.63. The Balaban J connectivity index is 1.17. The Bertz CT molecular complexity index is 1840. The van der Waals surface area contributed by atoms with Gasteiger partial charge >= 0.3 is 6.80 Å². The lowest BCUT2D eigenvalue weighted by molar-refractivity contribution is -0.184. The van der Waals surface area contributed by atoms with E-state index < -0.39 is 74.1 Å². The molecule has 3 fully saturated rings. The number of imidazole rings is 2. The maximum Gasteiger partial charge on any atom is 0.388 e. The Morgan fingerprint density at radius 1 is 1.12 bits per heavy atom. The van der Waals surface area contributed by atoms with Gasteiger partial charge in [0.15, 0.2) is 28.9 Å². The van der Waals surface area contributed by atoms with Crippen molar-refractivity contribution in [2.75, 3.05) is 37.9 Å². The fourth-order valence-electron chi connectivity index (χ4n) is 5.60. The van der Waals surface area contributed by atoms with Crippen LogP contribution in [0, 0.1) is 0 Å². The monoisotopic (exact) mass is 640 g/mol. The van der Waals surface area contributed by atoms with Crippen molar-refractivity contribution in [2.45, 2.75) is 42.0 Å². The quantitative estimate of drug-likeness (QED) is 0.0782. The third kappa shape index (κ3) is 4.27. The van der Waals surface area contributed by atoms with E-state index in [1.807, 2.05) is 0 Å². The summed E-state index contributed by atoms with van der Waals surface area (Å²) in [5.74, 6) is -0.105. The molecule has 0 aliphatic carbocycles. The number of thiol groups is 1. The Hall–Kier alpha value is -3.24. The molecular weight excluding hydrogens is 615 g/mol. The summed E-state index contributed by atoms with van der Waals surface area (Å²) in [7, 11) is 0. The molecule has 22 heteroatoms. The lowest BCUT2D eigenvalue weighted by atomic mass is 10.0. The predicted molar refractivity (Wildman–Crippen MR) is 145 cm³/mol. The number of nitrogens with two attached hydrogens (primary N) is 2. The number of anilines is 2. The second-order valence-corrected chi connectivity index (χ2v) is 13.1. The molecule has 43 heavy (non-hydrogen) atoms. The fraction of sp³-hybridized carbons (Fsp3) is 0.524. The third-order valence-electron chi connectivity index (χ3n) is 7.75. The molecule has 2 bridgehead atoms. The van der Waals surface area contributed by atoms with Crippen molar-refractivity contribution in [1.82, 2.24) is 39.0 Å². The Morgan fingerprint density at radius 2 is 1.91 bits per heavy atom. The van der Waals surface area contributed by atoms with Crippen LogP contribution in [0.4, 0.5) is 11.8 Å². The van der Waals surface area contributed by atoms with Gasteiger partial charge in [0, 0.05) is 0 Å². The first-order chi connectivity index (χ1) is 20.5. The van der Waals surface area contributed by atoms with Gasteiger partial charge in [0.1, 0.15) is 41.9 Å². The van der Waals surface area contributed by atoms with Crippen molar-refractivity contribution in [3.05, 3.63) is 29.3 Å². The molecular formula is C21H25N10O10PS. The van der Waals surface area contributed by atoms with Crippen molar-refractivity contribution >= 4 is 53.1 Å². The molecule has 7 rings (SSSR count). The highest BCUT2D eigenvalue weighted by molar-refractivity contribution is 8.44. The first-order valence-electron chi connectivity index (χ1n) is 12.7. The Labute approximate surface area is 244 Å². The van der Waals surface area contributed by atoms with Crippen molar-refractivity contribution in [3.8, 4) is 0 Å². The van der Waals surface area contributed by atoms with Crippen molar-refractivity contribution in [3.63, 3.8) is 0 Å². The number of ether oxygens (including phenoxy) is 3. The molecule has 230 valence electrons. The molecule has 3 aliphatic heterocycles. The summed E-state index contributed by atoms with van der Waals surface area (Å²) < 4.78 is 45.4. The van der Waals surface area contributed by atoms with Crippen LogP contribution >= 0.6 is 19.0 Å². The van der Waals surface area contributed by atoms with Gasteiger partial charge in [0.05, 0.1) is 39.1 Å². The Morgan fingerprint density at radius 3 is 2.67 bits per heavy atom. The number of aromatic amines is 1. The van der Waals surface area contributed by atoms with E-state index in [9.17, 15) is 24.7 Å². The van der Waals surface area contributed by atoms with E-state index in [4.69, 9.17) is 34.7 Å². The normalized spacial score (nSPS) is 33.5. The Kier molecular flexibility index (Phi) is 6.56. The van der Waals surface area contributed by atoms with Gasteiger partial charge in [-0.15, -0.1) is 0 Å². The SMILES string of the molecule is Nc1nc2c(ncn2C2(OP(=O)(S)OC[C@@]34CO[C@@H]([C@H](n5cnc6c(N)ncnc65)O3)[C@@H]4O)CO[C@H](CO)[C@H]2O)c(=O)[nH]1. The molecule has 20 nitrogen and oxygen atoms in total. The predicted octanol–water partition coefficient (Wildman–Crippen LogP) is -2.37.